The summed E-state index contributed by atoms with van der Waals surface area (Å²) in [6, 6.07) is 10.5. The van der Waals surface area contributed by atoms with Crippen LogP contribution in [-0.2, 0) is 0 Å². The molecule has 0 atom stereocenters. The maximum Gasteiger partial charge on any atom is 0.258 e. The zero-order chi connectivity index (χ0) is 14.7. The summed E-state index contributed by atoms with van der Waals surface area (Å²) in [6.07, 6.45) is 0. The number of amides is 1. The number of carbonyl (C=O) groups is 1. The van der Waals surface area contributed by atoms with Gasteiger partial charge in [0.25, 0.3) is 5.91 Å². The van der Waals surface area contributed by atoms with Crippen molar-refractivity contribution in [2.75, 3.05) is 24.3 Å². The fourth-order valence-corrected chi connectivity index (χ4v) is 1.72. The molecule has 0 saturated heterocycles. The lowest BCUT2D eigenvalue weighted by Gasteiger charge is -2.13. The van der Waals surface area contributed by atoms with E-state index in [2.05, 4.69) is 5.32 Å². The summed E-state index contributed by atoms with van der Waals surface area (Å²) in [5, 5.41) is 2.53. The average Bonchev–Trinajstić information content (AvgIpc) is 2.42. The monoisotopic (exact) mass is 276 g/mol. The molecule has 0 unspecified atom stereocenters. The van der Waals surface area contributed by atoms with E-state index in [-0.39, 0.29) is 5.56 Å². The van der Waals surface area contributed by atoms with Crippen molar-refractivity contribution >= 4 is 17.3 Å². The molecule has 0 aromatic heterocycles. The molecule has 104 valence electrons. The highest BCUT2D eigenvalue weighted by Crippen LogP contribution is 2.18. The van der Waals surface area contributed by atoms with E-state index < -0.39 is 17.5 Å². The summed E-state index contributed by atoms with van der Waals surface area (Å²) in [5.74, 6) is -2.87. The second kappa shape index (κ2) is 5.69. The number of anilines is 2. The average molecular weight is 276 g/mol. The Morgan fingerprint density at radius 3 is 2.30 bits per heavy atom. The molecule has 0 heterocycles. The summed E-state index contributed by atoms with van der Waals surface area (Å²) in [6.45, 7) is 0. The molecule has 0 radical (unpaired) electrons. The third kappa shape index (κ3) is 2.93. The molecule has 0 spiro atoms. The van der Waals surface area contributed by atoms with Crippen molar-refractivity contribution < 1.29 is 13.6 Å². The molecular formula is C15H14F2N2O. The van der Waals surface area contributed by atoms with Gasteiger partial charge in [-0.2, -0.15) is 0 Å². The van der Waals surface area contributed by atoms with Crippen molar-refractivity contribution in [3.8, 4) is 0 Å². The Labute approximate surface area is 115 Å². The van der Waals surface area contributed by atoms with Crippen LogP contribution in [0.5, 0.6) is 0 Å². The predicted octanol–water partition coefficient (Wildman–Crippen LogP) is 3.28. The molecule has 1 amide bonds. The van der Waals surface area contributed by atoms with Gasteiger partial charge in [-0.3, -0.25) is 4.79 Å². The molecule has 0 saturated carbocycles. The van der Waals surface area contributed by atoms with Crippen LogP contribution in [0.1, 0.15) is 10.4 Å². The molecule has 2 rings (SSSR count). The number of halogens is 2. The van der Waals surface area contributed by atoms with E-state index in [1.54, 1.807) is 12.1 Å². The molecule has 0 aliphatic carbocycles. The van der Waals surface area contributed by atoms with Crippen LogP contribution in [0.3, 0.4) is 0 Å². The van der Waals surface area contributed by atoms with Gasteiger partial charge in [-0.05, 0) is 36.4 Å². The predicted molar refractivity (Wildman–Crippen MR) is 75.1 cm³/mol. The van der Waals surface area contributed by atoms with Crippen LogP contribution in [0.25, 0.3) is 0 Å². The summed E-state index contributed by atoms with van der Waals surface area (Å²) in [5.41, 5.74) is 1.17. The van der Waals surface area contributed by atoms with Crippen LogP contribution >= 0.6 is 0 Å². The molecule has 20 heavy (non-hydrogen) atoms. The maximum absolute atomic E-state index is 13.5. The highest BCUT2D eigenvalue weighted by atomic mass is 19.2. The Morgan fingerprint density at radius 2 is 1.70 bits per heavy atom. The summed E-state index contributed by atoms with van der Waals surface area (Å²) in [7, 11) is 3.80. The van der Waals surface area contributed by atoms with Gasteiger partial charge in [0.1, 0.15) is 0 Å². The SMILES string of the molecule is CN(C)c1ccc(NC(=O)c2cccc(F)c2F)cc1. The van der Waals surface area contributed by atoms with E-state index in [1.807, 2.05) is 31.1 Å². The minimum atomic E-state index is -1.14. The Hall–Kier alpha value is -2.43. The number of nitrogens with zero attached hydrogens (tertiary/aromatic N) is 1. The third-order valence-electron chi connectivity index (χ3n) is 2.84. The number of rotatable bonds is 3. The van der Waals surface area contributed by atoms with E-state index in [4.69, 9.17) is 0 Å². The van der Waals surface area contributed by atoms with Crippen molar-refractivity contribution in [1.29, 1.82) is 0 Å². The van der Waals surface area contributed by atoms with Crippen LogP contribution in [0, 0.1) is 11.6 Å². The topological polar surface area (TPSA) is 32.3 Å². The molecule has 2 aromatic rings. The van der Waals surface area contributed by atoms with E-state index in [0.717, 1.165) is 11.8 Å². The second-order valence-corrected chi connectivity index (χ2v) is 4.50. The molecule has 0 aliphatic rings. The van der Waals surface area contributed by atoms with E-state index in [9.17, 15) is 13.6 Å². The number of nitrogens with one attached hydrogen (secondary N) is 1. The van der Waals surface area contributed by atoms with Crippen LogP contribution < -0.4 is 10.2 Å². The number of hydrogen-bond donors (Lipinski definition) is 1. The largest absolute Gasteiger partial charge is 0.378 e. The number of hydrogen-bond acceptors (Lipinski definition) is 2. The normalized spacial score (nSPS) is 10.2. The summed E-state index contributed by atoms with van der Waals surface area (Å²) >= 11 is 0. The second-order valence-electron chi connectivity index (χ2n) is 4.50. The van der Waals surface area contributed by atoms with Crippen molar-refractivity contribution in [2.24, 2.45) is 0 Å². The lowest BCUT2D eigenvalue weighted by atomic mass is 10.2. The van der Waals surface area contributed by atoms with Gasteiger partial charge in [0, 0.05) is 25.5 Å². The fraction of sp³-hybridized carbons (Fsp3) is 0.133. The minimum absolute atomic E-state index is 0.318. The lowest BCUT2D eigenvalue weighted by Crippen LogP contribution is -2.14. The molecule has 3 nitrogen and oxygen atoms in total. The van der Waals surface area contributed by atoms with Crippen molar-refractivity contribution in [3.63, 3.8) is 0 Å². The van der Waals surface area contributed by atoms with Gasteiger partial charge in [-0.1, -0.05) is 6.07 Å². The molecule has 5 heteroatoms. The first-order valence-corrected chi connectivity index (χ1v) is 6.02. The molecule has 2 aromatic carbocycles. The zero-order valence-electron chi connectivity index (χ0n) is 11.2. The van der Waals surface area contributed by atoms with E-state index >= 15 is 0 Å². The van der Waals surface area contributed by atoms with E-state index in [1.165, 1.54) is 12.1 Å². The van der Waals surface area contributed by atoms with Gasteiger partial charge in [-0.15, -0.1) is 0 Å². The van der Waals surface area contributed by atoms with Crippen LogP contribution in [0.15, 0.2) is 42.5 Å². The highest BCUT2D eigenvalue weighted by Gasteiger charge is 2.15. The standard InChI is InChI=1S/C15H14F2N2O/c1-19(2)11-8-6-10(7-9-11)18-15(20)12-4-3-5-13(16)14(12)17/h3-9H,1-2H3,(H,18,20). The zero-order valence-corrected chi connectivity index (χ0v) is 11.2. The van der Waals surface area contributed by atoms with Crippen molar-refractivity contribution in [3.05, 3.63) is 59.7 Å². The first-order valence-electron chi connectivity index (χ1n) is 6.02. The third-order valence-corrected chi connectivity index (χ3v) is 2.84. The van der Waals surface area contributed by atoms with Crippen molar-refractivity contribution in [2.45, 2.75) is 0 Å². The fourth-order valence-electron chi connectivity index (χ4n) is 1.72. The number of benzene rings is 2. The Balaban J connectivity index is 2.17. The Kier molecular flexibility index (Phi) is 3.98. The maximum atomic E-state index is 13.5. The summed E-state index contributed by atoms with van der Waals surface area (Å²) < 4.78 is 26.5. The summed E-state index contributed by atoms with van der Waals surface area (Å²) in [4.78, 5) is 13.8. The van der Waals surface area contributed by atoms with Gasteiger partial charge in [-0.25, -0.2) is 8.78 Å². The molecular weight excluding hydrogens is 262 g/mol. The first kappa shape index (κ1) is 14.0. The van der Waals surface area contributed by atoms with Gasteiger partial charge < -0.3 is 10.2 Å². The van der Waals surface area contributed by atoms with Gasteiger partial charge in [0.2, 0.25) is 0 Å². The quantitative estimate of drug-likeness (QED) is 0.933. The lowest BCUT2D eigenvalue weighted by molar-refractivity contribution is 0.102. The molecule has 0 aliphatic heterocycles. The smallest absolute Gasteiger partial charge is 0.258 e. The van der Waals surface area contributed by atoms with Crippen LogP contribution in [-0.4, -0.2) is 20.0 Å². The Morgan fingerprint density at radius 1 is 1.05 bits per heavy atom. The van der Waals surface area contributed by atoms with Crippen LogP contribution in [0.4, 0.5) is 20.2 Å². The molecule has 0 fully saturated rings. The molecule has 0 bridgehead atoms. The minimum Gasteiger partial charge on any atom is -0.378 e. The Bertz CT molecular complexity index is 624. The van der Waals surface area contributed by atoms with Gasteiger partial charge in [0.05, 0.1) is 5.56 Å². The first-order chi connectivity index (χ1) is 9.49. The van der Waals surface area contributed by atoms with E-state index in [0.29, 0.717) is 5.69 Å². The van der Waals surface area contributed by atoms with Crippen LogP contribution in [0.2, 0.25) is 0 Å². The van der Waals surface area contributed by atoms with Gasteiger partial charge in [0.15, 0.2) is 11.6 Å². The van der Waals surface area contributed by atoms with Gasteiger partial charge >= 0.3 is 0 Å². The highest BCUT2D eigenvalue weighted by molar-refractivity contribution is 6.04. The van der Waals surface area contributed by atoms with Crippen molar-refractivity contribution in [1.82, 2.24) is 0 Å². The number of carbonyl (C=O) groups excluding carboxylic acids is 1. The molecule has 1 N–H and O–H groups in total.